The summed E-state index contributed by atoms with van der Waals surface area (Å²) in [5.74, 6) is -3.04. The Hall–Kier alpha value is -5.60. The Kier molecular flexibility index (Phi) is 12.5. The van der Waals surface area contributed by atoms with Crippen LogP contribution in [0.3, 0.4) is 0 Å². The topological polar surface area (TPSA) is 247 Å². The number of nitrogens with two attached hydrogens (primary N) is 3. The van der Waals surface area contributed by atoms with Crippen LogP contribution in [0.15, 0.2) is 65.8 Å². The first-order valence-corrected chi connectivity index (χ1v) is 14.6. The summed E-state index contributed by atoms with van der Waals surface area (Å²) in [4.78, 5) is 70.5. The molecule has 0 saturated carbocycles. The van der Waals surface area contributed by atoms with Crippen LogP contribution in [-0.2, 0) is 32.1 Å². The largest absolute Gasteiger partial charge is 0.508 e. The fourth-order valence-electron chi connectivity index (χ4n) is 4.91. The minimum absolute atomic E-state index is 0.0136. The van der Waals surface area contributed by atoms with Crippen molar-refractivity contribution in [2.75, 3.05) is 20.1 Å². The SMILES string of the molecule is C=C1NCC(=O)NC(CC(N)=O)C(=O)NCc2cccc(c2)C(=O)NC(Cc2ccc(O)cc2)C(=O)N(C)C1CCCN=C(N)N. The minimum Gasteiger partial charge on any atom is -0.508 e. The number of carbonyl (C=O) groups is 5. The van der Waals surface area contributed by atoms with E-state index in [9.17, 15) is 29.1 Å². The van der Waals surface area contributed by atoms with Gasteiger partial charge in [0.15, 0.2) is 5.96 Å². The summed E-state index contributed by atoms with van der Waals surface area (Å²) in [5, 5.41) is 20.7. The fraction of sp³-hybridized carbons (Fsp3) is 0.355. The molecule has 2 aromatic rings. The molecule has 3 unspecified atom stereocenters. The number of nitrogens with one attached hydrogen (secondary N) is 4. The Labute approximate surface area is 266 Å². The number of carbonyl (C=O) groups excluding carboxylic acids is 5. The van der Waals surface area contributed by atoms with Gasteiger partial charge < -0.3 is 48.5 Å². The van der Waals surface area contributed by atoms with Crippen molar-refractivity contribution in [3.8, 4) is 5.75 Å². The predicted molar refractivity (Wildman–Crippen MR) is 171 cm³/mol. The lowest BCUT2D eigenvalue weighted by atomic mass is 10.0. The van der Waals surface area contributed by atoms with Crippen molar-refractivity contribution in [3.05, 3.63) is 77.5 Å². The van der Waals surface area contributed by atoms with E-state index in [0.717, 1.165) is 0 Å². The van der Waals surface area contributed by atoms with Gasteiger partial charge in [0.25, 0.3) is 5.91 Å². The van der Waals surface area contributed by atoms with Gasteiger partial charge in [-0.1, -0.05) is 30.8 Å². The predicted octanol–water partition coefficient (Wildman–Crippen LogP) is -1.29. The van der Waals surface area contributed by atoms with Crippen molar-refractivity contribution in [2.24, 2.45) is 22.2 Å². The number of nitrogens with zero attached hydrogens (tertiary/aromatic N) is 2. The molecule has 0 aromatic heterocycles. The zero-order chi connectivity index (χ0) is 33.8. The van der Waals surface area contributed by atoms with Crippen LogP contribution in [0.1, 0.15) is 40.7 Å². The van der Waals surface area contributed by atoms with Crippen molar-refractivity contribution in [1.29, 1.82) is 0 Å². The summed E-state index contributed by atoms with van der Waals surface area (Å²) in [6.45, 7) is 3.98. The number of benzene rings is 2. The lowest BCUT2D eigenvalue weighted by molar-refractivity contribution is -0.133. The summed E-state index contributed by atoms with van der Waals surface area (Å²) >= 11 is 0. The maximum Gasteiger partial charge on any atom is 0.251 e. The molecule has 1 heterocycles. The van der Waals surface area contributed by atoms with E-state index in [4.69, 9.17) is 17.2 Å². The van der Waals surface area contributed by atoms with Crippen LogP contribution in [0.25, 0.3) is 0 Å². The Bertz CT molecular complexity index is 1470. The highest BCUT2D eigenvalue weighted by Crippen LogP contribution is 2.18. The minimum atomic E-state index is -1.24. The van der Waals surface area contributed by atoms with Crippen molar-refractivity contribution < 1.29 is 29.1 Å². The molecule has 3 rings (SSSR count). The van der Waals surface area contributed by atoms with Gasteiger partial charge in [0.05, 0.1) is 19.0 Å². The molecule has 1 aliphatic heterocycles. The maximum atomic E-state index is 14.1. The highest BCUT2D eigenvalue weighted by atomic mass is 16.3. The number of primary amides is 1. The molecule has 0 spiro atoms. The number of aromatic hydroxyl groups is 1. The molecule has 15 heteroatoms. The molecule has 246 valence electrons. The van der Waals surface area contributed by atoms with Gasteiger partial charge in [-0.25, -0.2) is 0 Å². The molecule has 15 nitrogen and oxygen atoms in total. The summed E-state index contributed by atoms with van der Waals surface area (Å²) in [5.41, 5.74) is 18.0. The molecule has 2 bridgehead atoms. The van der Waals surface area contributed by atoms with Crippen molar-refractivity contribution >= 4 is 35.5 Å². The van der Waals surface area contributed by atoms with Crippen LogP contribution in [0.5, 0.6) is 5.75 Å². The molecular formula is C31H41N9O6. The molecule has 0 saturated heterocycles. The van der Waals surface area contributed by atoms with Crippen LogP contribution >= 0.6 is 0 Å². The molecule has 3 atom stereocenters. The molecule has 0 aliphatic carbocycles. The number of guanidine groups is 1. The third-order valence-electron chi connectivity index (χ3n) is 7.32. The molecule has 2 aromatic carbocycles. The standard InChI is InChI=1S/C31H41N9O6/c1-18-25(7-4-12-35-31(33)34)40(2)30(46)24(14-19-8-10-22(41)11-9-19)39-28(44)21-6-3-5-20(13-21)16-37-29(45)23(15-26(32)42)38-27(43)17-36-18/h3,5-6,8-11,13,23-25,36,41H,1,4,7,12,14-17H2,2H3,(H2,32,42)(H,37,45)(H,38,43)(H,39,44)(H4,33,34,35). The average molecular weight is 636 g/mol. The van der Waals surface area contributed by atoms with Gasteiger partial charge in [0.1, 0.15) is 17.8 Å². The second kappa shape index (κ2) is 16.5. The first kappa shape index (κ1) is 34.9. The van der Waals surface area contributed by atoms with Gasteiger partial charge >= 0.3 is 0 Å². The summed E-state index contributed by atoms with van der Waals surface area (Å²) in [6, 6.07) is 9.77. The molecule has 11 N–H and O–H groups in total. The second-order valence-electron chi connectivity index (χ2n) is 10.9. The van der Waals surface area contributed by atoms with Crippen molar-refractivity contribution in [1.82, 2.24) is 26.2 Å². The molecule has 5 amide bonds. The van der Waals surface area contributed by atoms with E-state index in [1.54, 1.807) is 43.4 Å². The lowest BCUT2D eigenvalue weighted by Gasteiger charge is -2.33. The maximum absolute atomic E-state index is 14.1. The van der Waals surface area contributed by atoms with Gasteiger partial charge in [-0.15, -0.1) is 0 Å². The summed E-state index contributed by atoms with van der Waals surface area (Å²) in [6.07, 6.45) is 0.445. The number of phenols is 1. The molecule has 0 radical (unpaired) electrons. The van der Waals surface area contributed by atoms with Crippen molar-refractivity contribution in [3.63, 3.8) is 0 Å². The number of hydrogen-bond donors (Lipinski definition) is 8. The van der Waals surface area contributed by atoms with Crippen LogP contribution in [0.4, 0.5) is 0 Å². The monoisotopic (exact) mass is 635 g/mol. The Morgan fingerprint density at radius 2 is 1.72 bits per heavy atom. The lowest BCUT2D eigenvalue weighted by Crippen LogP contribution is -2.53. The van der Waals surface area contributed by atoms with E-state index in [-0.39, 0.29) is 43.3 Å². The first-order chi connectivity index (χ1) is 21.8. The first-order valence-electron chi connectivity index (χ1n) is 14.6. The third kappa shape index (κ3) is 10.5. The Morgan fingerprint density at radius 3 is 2.39 bits per heavy atom. The van der Waals surface area contributed by atoms with Gasteiger partial charge in [-0.2, -0.15) is 0 Å². The van der Waals surface area contributed by atoms with Crippen LogP contribution < -0.4 is 38.5 Å². The normalized spacial score (nSPS) is 19.9. The molecule has 0 fully saturated rings. The van der Waals surface area contributed by atoms with E-state index in [0.29, 0.717) is 29.7 Å². The van der Waals surface area contributed by atoms with Gasteiger partial charge in [0, 0.05) is 37.8 Å². The zero-order valence-corrected chi connectivity index (χ0v) is 25.6. The van der Waals surface area contributed by atoms with Crippen molar-refractivity contribution in [2.45, 2.75) is 50.4 Å². The fourth-order valence-corrected chi connectivity index (χ4v) is 4.91. The van der Waals surface area contributed by atoms with Gasteiger partial charge in [0.2, 0.25) is 23.6 Å². The number of rotatable bonds is 8. The number of likely N-dealkylation sites (N-methyl/N-ethyl adjacent to an activating group) is 1. The highest BCUT2D eigenvalue weighted by Gasteiger charge is 2.31. The number of fused-ring (bicyclic) bond motifs is 2. The molecule has 46 heavy (non-hydrogen) atoms. The van der Waals surface area contributed by atoms with Gasteiger partial charge in [-0.3, -0.25) is 29.0 Å². The summed E-state index contributed by atoms with van der Waals surface area (Å²) in [7, 11) is 1.56. The Morgan fingerprint density at radius 1 is 1.00 bits per heavy atom. The second-order valence-corrected chi connectivity index (χ2v) is 10.9. The smallest absolute Gasteiger partial charge is 0.251 e. The quantitative estimate of drug-likeness (QED) is 0.0975. The van der Waals surface area contributed by atoms with Crippen LogP contribution in [0, 0.1) is 0 Å². The van der Waals surface area contributed by atoms with E-state index < -0.39 is 54.1 Å². The van der Waals surface area contributed by atoms with Crippen LogP contribution in [-0.4, -0.2) is 83.8 Å². The highest BCUT2D eigenvalue weighted by molar-refractivity contribution is 5.98. The number of phenolic OH excluding ortho intramolecular Hbond substituents is 1. The molecule has 1 aliphatic rings. The Balaban J connectivity index is 2.00. The van der Waals surface area contributed by atoms with Gasteiger partial charge in [-0.05, 0) is 48.2 Å². The van der Waals surface area contributed by atoms with E-state index >= 15 is 0 Å². The number of hydrogen-bond acceptors (Lipinski definition) is 8. The van der Waals surface area contributed by atoms with E-state index in [1.165, 1.54) is 17.0 Å². The number of aliphatic imine (C=N–C) groups is 1. The third-order valence-corrected chi connectivity index (χ3v) is 7.32. The zero-order valence-electron chi connectivity index (χ0n) is 25.6. The number of amides is 5. The average Bonchev–Trinajstić information content (AvgIpc) is 3.01. The summed E-state index contributed by atoms with van der Waals surface area (Å²) < 4.78 is 0. The van der Waals surface area contributed by atoms with E-state index in [1.807, 2.05) is 0 Å². The van der Waals surface area contributed by atoms with E-state index in [2.05, 4.69) is 32.8 Å². The molecular weight excluding hydrogens is 594 g/mol. The van der Waals surface area contributed by atoms with Crippen LogP contribution in [0.2, 0.25) is 0 Å².